The lowest BCUT2D eigenvalue weighted by Crippen LogP contribution is -2.61. The summed E-state index contributed by atoms with van der Waals surface area (Å²) in [6.07, 6.45) is -2.94. The maximum Gasteiger partial charge on any atom is 0.416 e. The van der Waals surface area contributed by atoms with Crippen LogP contribution in [0.3, 0.4) is 0 Å². The summed E-state index contributed by atoms with van der Waals surface area (Å²) in [5, 5.41) is 0.402. The number of hydrogen-bond donors (Lipinski definition) is 0. The number of sulfonamides is 1. The molecule has 2 aliphatic heterocycles. The summed E-state index contributed by atoms with van der Waals surface area (Å²) in [6, 6.07) is 10.0. The average Bonchev–Trinajstić information content (AvgIpc) is 2.98. The minimum atomic E-state index is -4.72. The molecule has 0 radical (unpaired) electrons. The molecule has 5 rings (SSSR count). The van der Waals surface area contributed by atoms with Gasteiger partial charge in [0.2, 0.25) is 0 Å². The number of esters is 1. The van der Waals surface area contributed by atoms with Crippen LogP contribution in [0.5, 0.6) is 5.75 Å². The Balaban J connectivity index is 1.58. The summed E-state index contributed by atoms with van der Waals surface area (Å²) in [5.74, 6) is 0.533. The number of rotatable bonds is 7. The van der Waals surface area contributed by atoms with Gasteiger partial charge in [-0.1, -0.05) is 17.7 Å². The standard InChI is InChI=1S/C28H28ClF3N4O5S/c1-40-23-11-18(10-21(29)14-23)19-12-25-27(33-15-19)35-9-8-34(7-6-26(37)41-2)16-22(35)17-36(25)42(38,39)24-5-3-4-20(13-24)28(30,31)32/h3-5,10-15,22H,6-9,16-17H2,1-2H3/t22-/m0/s1. The first kappa shape index (κ1) is 29.9. The summed E-state index contributed by atoms with van der Waals surface area (Å²) >= 11 is 6.27. The van der Waals surface area contributed by atoms with Crippen molar-refractivity contribution >= 4 is 39.1 Å². The minimum Gasteiger partial charge on any atom is -0.497 e. The Morgan fingerprint density at radius 2 is 1.86 bits per heavy atom. The largest absolute Gasteiger partial charge is 0.497 e. The summed E-state index contributed by atoms with van der Waals surface area (Å²) < 4.78 is 79.8. The van der Waals surface area contributed by atoms with Crippen LogP contribution in [-0.4, -0.2) is 77.3 Å². The van der Waals surface area contributed by atoms with Crippen LogP contribution < -0.4 is 13.9 Å². The van der Waals surface area contributed by atoms with Crippen molar-refractivity contribution in [1.29, 1.82) is 0 Å². The fourth-order valence-electron chi connectivity index (χ4n) is 5.24. The fourth-order valence-corrected chi connectivity index (χ4v) is 7.01. The highest BCUT2D eigenvalue weighted by molar-refractivity contribution is 7.92. The van der Waals surface area contributed by atoms with Crippen molar-refractivity contribution in [3.8, 4) is 16.9 Å². The molecule has 3 aromatic rings. The molecule has 0 spiro atoms. The number of nitrogens with zero attached hydrogens (tertiary/aromatic N) is 4. The van der Waals surface area contributed by atoms with Crippen LogP contribution in [0, 0.1) is 0 Å². The van der Waals surface area contributed by atoms with Crippen LogP contribution in [0.1, 0.15) is 12.0 Å². The zero-order valence-corrected chi connectivity index (χ0v) is 24.3. The van der Waals surface area contributed by atoms with Crippen molar-refractivity contribution in [2.45, 2.75) is 23.5 Å². The molecule has 9 nitrogen and oxygen atoms in total. The zero-order valence-electron chi connectivity index (χ0n) is 22.8. The molecule has 1 fully saturated rings. The topological polar surface area (TPSA) is 92.3 Å². The van der Waals surface area contributed by atoms with Crippen LogP contribution in [0.15, 0.2) is 59.6 Å². The molecule has 1 saturated heterocycles. The third-order valence-corrected chi connectivity index (χ3v) is 9.37. The van der Waals surface area contributed by atoms with Gasteiger partial charge in [-0.3, -0.25) is 14.0 Å². The third kappa shape index (κ3) is 5.99. The van der Waals surface area contributed by atoms with Gasteiger partial charge in [0, 0.05) is 43.0 Å². The van der Waals surface area contributed by atoms with E-state index in [9.17, 15) is 26.4 Å². The molecule has 14 heteroatoms. The number of ether oxygens (including phenoxy) is 2. The van der Waals surface area contributed by atoms with E-state index in [0.717, 1.165) is 22.5 Å². The number of carbonyl (C=O) groups is 1. The van der Waals surface area contributed by atoms with Crippen LogP contribution in [0.2, 0.25) is 5.02 Å². The molecule has 42 heavy (non-hydrogen) atoms. The molecule has 0 saturated carbocycles. The minimum absolute atomic E-state index is 0.0374. The van der Waals surface area contributed by atoms with Crippen molar-refractivity contribution in [2.75, 3.05) is 56.1 Å². The van der Waals surface area contributed by atoms with Crippen molar-refractivity contribution in [3.05, 3.63) is 65.3 Å². The van der Waals surface area contributed by atoms with Crippen LogP contribution in [0.25, 0.3) is 11.1 Å². The predicted molar refractivity (Wildman–Crippen MR) is 151 cm³/mol. The van der Waals surface area contributed by atoms with Crippen molar-refractivity contribution in [2.24, 2.45) is 0 Å². The Bertz CT molecular complexity index is 1600. The molecule has 0 bridgehead atoms. The van der Waals surface area contributed by atoms with Gasteiger partial charge >= 0.3 is 12.1 Å². The second kappa shape index (κ2) is 11.6. The number of methoxy groups -OCH3 is 2. The first-order valence-electron chi connectivity index (χ1n) is 13.0. The second-order valence-electron chi connectivity index (χ2n) is 9.98. The molecule has 0 aliphatic carbocycles. The molecule has 224 valence electrons. The quantitative estimate of drug-likeness (QED) is 0.350. The Hall–Kier alpha value is -3.55. The van der Waals surface area contributed by atoms with Crippen molar-refractivity contribution in [3.63, 3.8) is 0 Å². The van der Waals surface area contributed by atoms with Crippen molar-refractivity contribution < 1.29 is 35.9 Å². The Labute approximate surface area is 246 Å². The molecule has 0 N–H and O–H groups in total. The summed E-state index contributed by atoms with van der Waals surface area (Å²) in [7, 11) is -1.64. The van der Waals surface area contributed by atoms with Crippen molar-refractivity contribution in [1.82, 2.24) is 9.88 Å². The lowest BCUT2D eigenvalue weighted by Gasteiger charge is -2.48. The van der Waals surface area contributed by atoms with Gasteiger partial charge in [-0.05, 0) is 48.0 Å². The van der Waals surface area contributed by atoms with Gasteiger partial charge < -0.3 is 14.4 Å². The van der Waals surface area contributed by atoms with Gasteiger partial charge in [0.25, 0.3) is 10.0 Å². The number of piperazine rings is 1. The van der Waals surface area contributed by atoms with E-state index >= 15 is 0 Å². The molecule has 1 aromatic heterocycles. The number of halogens is 4. The lowest BCUT2D eigenvalue weighted by atomic mass is 10.0. The molecular formula is C28H28ClF3N4O5S. The van der Waals surface area contributed by atoms with Gasteiger partial charge in [-0.25, -0.2) is 13.4 Å². The molecule has 0 amide bonds. The van der Waals surface area contributed by atoms with E-state index in [2.05, 4.69) is 4.98 Å². The Morgan fingerprint density at radius 1 is 1.07 bits per heavy atom. The molecule has 2 aliphatic rings. The predicted octanol–water partition coefficient (Wildman–Crippen LogP) is 4.69. The van der Waals surface area contributed by atoms with Crippen LogP contribution in [-0.2, 0) is 25.7 Å². The summed E-state index contributed by atoms with van der Waals surface area (Å²) in [6.45, 7) is 1.91. The van der Waals surface area contributed by atoms with Gasteiger partial charge in [0.1, 0.15) is 5.75 Å². The number of fused-ring (bicyclic) bond motifs is 3. The number of benzene rings is 2. The van der Waals surface area contributed by atoms with Gasteiger partial charge in [-0.15, -0.1) is 0 Å². The molecule has 2 aromatic carbocycles. The second-order valence-corrected chi connectivity index (χ2v) is 12.3. The molecule has 3 heterocycles. The van der Waals surface area contributed by atoms with E-state index in [1.165, 1.54) is 14.2 Å². The number of pyridine rings is 1. The molecular weight excluding hydrogens is 597 g/mol. The van der Waals surface area contributed by atoms with Gasteiger partial charge in [-0.2, -0.15) is 13.2 Å². The third-order valence-electron chi connectivity index (χ3n) is 7.38. The first-order valence-corrected chi connectivity index (χ1v) is 14.8. The normalized spacial score (nSPS) is 17.4. The van der Waals surface area contributed by atoms with E-state index < -0.39 is 26.7 Å². The summed E-state index contributed by atoms with van der Waals surface area (Å²) in [5.41, 5.74) is 0.352. The highest BCUT2D eigenvalue weighted by atomic mass is 35.5. The Morgan fingerprint density at radius 3 is 2.57 bits per heavy atom. The van der Waals surface area contributed by atoms with E-state index in [1.54, 1.807) is 30.5 Å². The number of carbonyl (C=O) groups excluding carboxylic acids is 1. The highest BCUT2D eigenvalue weighted by Crippen LogP contribution is 2.42. The Kier molecular flexibility index (Phi) is 8.28. The number of hydrogen-bond acceptors (Lipinski definition) is 8. The van der Waals surface area contributed by atoms with Crippen LogP contribution >= 0.6 is 11.6 Å². The first-order chi connectivity index (χ1) is 19.9. The SMILES string of the molecule is COC(=O)CCN1CCN2c3ncc(-c4cc(Cl)cc(OC)c4)cc3N(S(=O)(=O)c3cccc(C(F)(F)F)c3)C[C@@H]2C1. The number of alkyl halides is 3. The maximum absolute atomic E-state index is 14.0. The molecule has 0 unspecified atom stereocenters. The van der Waals surface area contributed by atoms with E-state index in [-0.39, 0.29) is 30.7 Å². The summed E-state index contributed by atoms with van der Waals surface area (Å²) in [4.78, 5) is 19.9. The maximum atomic E-state index is 14.0. The monoisotopic (exact) mass is 624 g/mol. The fraction of sp³-hybridized carbons (Fsp3) is 0.357. The van der Waals surface area contributed by atoms with E-state index in [1.807, 2.05) is 9.80 Å². The number of anilines is 2. The van der Waals surface area contributed by atoms with Crippen LogP contribution in [0.4, 0.5) is 24.7 Å². The van der Waals surface area contributed by atoms with Gasteiger partial charge in [0.15, 0.2) is 5.82 Å². The van der Waals surface area contributed by atoms with Gasteiger partial charge in [0.05, 0.1) is 49.4 Å². The smallest absolute Gasteiger partial charge is 0.416 e. The average molecular weight is 625 g/mol. The van der Waals surface area contributed by atoms with E-state index in [0.29, 0.717) is 60.0 Å². The zero-order chi connectivity index (χ0) is 30.2. The lowest BCUT2D eigenvalue weighted by molar-refractivity contribution is -0.141. The number of aromatic nitrogens is 1. The highest BCUT2D eigenvalue weighted by Gasteiger charge is 2.41. The van der Waals surface area contributed by atoms with E-state index in [4.69, 9.17) is 21.1 Å². The molecule has 1 atom stereocenters.